The van der Waals surface area contributed by atoms with E-state index in [2.05, 4.69) is 6.92 Å². The Labute approximate surface area is 251 Å². The van der Waals surface area contributed by atoms with Gasteiger partial charge in [0.05, 0.1) is 12.2 Å². The zero-order valence-corrected chi connectivity index (χ0v) is 26.7. The summed E-state index contributed by atoms with van der Waals surface area (Å²) in [6.45, 7) is 13.1. The van der Waals surface area contributed by atoms with Crippen LogP contribution in [0.1, 0.15) is 106 Å². The monoisotopic (exact) mass is 584 g/mol. The maximum absolute atomic E-state index is 13.4. The molecule has 0 bridgehead atoms. The molecule has 2 N–H and O–H groups in total. The van der Waals surface area contributed by atoms with E-state index in [1.165, 1.54) is 25.7 Å². The molecule has 234 valence electrons. The minimum Gasteiger partial charge on any atom is -0.454 e. The predicted molar refractivity (Wildman–Crippen MR) is 161 cm³/mol. The molecule has 4 rings (SSSR count). The molecule has 0 radical (unpaired) electrons. The van der Waals surface area contributed by atoms with Crippen LogP contribution in [0.3, 0.4) is 0 Å². The minimum absolute atomic E-state index is 0.0213. The van der Waals surface area contributed by atoms with E-state index in [0.717, 1.165) is 19.3 Å². The van der Waals surface area contributed by atoms with Gasteiger partial charge in [0.25, 0.3) is 0 Å². The normalized spacial score (nSPS) is 36.6. The van der Waals surface area contributed by atoms with Gasteiger partial charge in [0, 0.05) is 47.0 Å². The second kappa shape index (κ2) is 12.4. The molecule has 0 unspecified atom stereocenters. The Morgan fingerprint density at radius 1 is 1.07 bits per heavy atom. The van der Waals surface area contributed by atoms with Gasteiger partial charge in [0.1, 0.15) is 6.10 Å². The summed E-state index contributed by atoms with van der Waals surface area (Å²) in [5.74, 6) is -3.37. The van der Waals surface area contributed by atoms with Crippen LogP contribution in [0, 0.1) is 35.0 Å². The third kappa shape index (κ3) is 5.23. The van der Waals surface area contributed by atoms with E-state index in [1.54, 1.807) is 26.8 Å². The highest BCUT2D eigenvalue weighted by molar-refractivity contribution is 6.00. The Hall–Kier alpha value is -2.25. The lowest BCUT2D eigenvalue weighted by atomic mass is 9.59. The fourth-order valence-corrected chi connectivity index (χ4v) is 8.55. The standard InChI is InChI=1S/C35H52O7/c1-8-10-11-12-13-14-15-16-28(37)42-35-30(33(35,6)7)27-19-24(20-36)18-25-26(17-22(4)29(25)38)34(27,40)23(5)31(35)41-32(39)21(3)9-2/h9,17,19,23,25-27,30-31,36,40H,8,10-16,18,20H2,1-7H3/b21-9+/t23-,25-,26-,27+,30-,31-,34+,35-/m1/s1. The Morgan fingerprint density at radius 3 is 2.33 bits per heavy atom. The van der Waals surface area contributed by atoms with Crippen molar-refractivity contribution in [2.24, 2.45) is 35.0 Å². The van der Waals surface area contributed by atoms with Crippen molar-refractivity contribution in [1.82, 2.24) is 0 Å². The second-order valence-corrected chi connectivity index (χ2v) is 13.9. The van der Waals surface area contributed by atoms with Crippen molar-refractivity contribution in [3.8, 4) is 0 Å². The third-order valence-corrected chi connectivity index (χ3v) is 11.1. The van der Waals surface area contributed by atoms with Crippen LogP contribution in [0.15, 0.2) is 34.9 Å². The summed E-state index contributed by atoms with van der Waals surface area (Å²) < 4.78 is 12.7. The van der Waals surface area contributed by atoms with E-state index in [0.29, 0.717) is 23.1 Å². The van der Waals surface area contributed by atoms with Crippen molar-refractivity contribution >= 4 is 17.7 Å². The third-order valence-electron chi connectivity index (χ3n) is 11.1. The van der Waals surface area contributed by atoms with Crippen LogP contribution in [-0.4, -0.2) is 51.8 Å². The van der Waals surface area contributed by atoms with Crippen LogP contribution in [-0.2, 0) is 23.9 Å². The number of ketones is 1. The Kier molecular flexibility index (Phi) is 9.64. The maximum Gasteiger partial charge on any atom is 0.333 e. The molecule has 0 aromatic heterocycles. The predicted octanol–water partition coefficient (Wildman–Crippen LogP) is 6.02. The number of esters is 2. The van der Waals surface area contributed by atoms with Gasteiger partial charge in [-0.25, -0.2) is 4.79 Å². The Morgan fingerprint density at radius 2 is 1.71 bits per heavy atom. The largest absolute Gasteiger partial charge is 0.454 e. The van der Waals surface area contributed by atoms with Gasteiger partial charge in [-0.05, 0) is 44.8 Å². The molecule has 0 spiro atoms. The highest BCUT2D eigenvalue weighted by Crippen LogP contribution is 2.77. The Bertz CT molecular complexity index is 1160. The smallest absolute Gasteiger partial charge is 0.333 e. The van der Waals surface area contributed by atoms with E-state index in [9.17, 15) is 24.6 Å². The number of carbonyl (C=O) groups is 3. The van der Waals surface area contributed by atoms with Gasteiger partial charge >= 0.3 is 11.9 Å². The number of aliphatic hydroxyl groups is 2. The lowest BCUT2D eigenvalue weighted by Crippen LogP contribution is -2.63. The second-order valence-electron chi connectivity index (χ2n) is 13.9. The lowest BCUT2D eigenvalue weighted by molar-refractivity contribution is -0.219. The molecule has 0 heterocycles. The van der Waals surface area contributed by atoms with Gasteiger partial charge in [0.15, 0.2) is 11.4 Å². The summed E-state index contributed by atoms with van der Waals surface area (Å²) in [4.78, 5) is 39.9. The van der Waals surface area contributed by atoms with Gasteiger partial charge in [-0.15, -0.1) is 0 Å². The van der Waals surface area contributed by atoms with E-state index >= 15 is 0 Å². The number of allylic oxidation sites excluding steroid dienone is 2. The van der Waals surface area contributed by atoms with E-state index in [-0.39, 0.29) is 30.7 Å². The van der Waals surface area contributed by atoms with Crippen molar-refractivity contribution in [1.29, 1.82) is 0 Å². The number of hydrogen-bond donors (Lipinski definition) is 2. The summed E-state index contributed by atoms with van der Waals surface area (Å²) >= 11 is 0. The van der Waals surface area contributed by atoms with Crippen LogP contribution >= 0.6 is 0 Å². The zero-order chi connectivity index (χ0) is 31.0. The average Bonchev–Trinajstić information content (AvgIpc) is 3.35. The highest BCUT2D eigenvalue weighted by Gasteiger charge is 2.87. The number of unbranched alkanes of at least 4 members (excludes halogenated alkanes) is 6. The molecule has 2 saturated carbocycles. The van der Waals surface area contributed by atoms with Crippen LogP contribution < -0.4 is 0 Å². The zero-order valence-electron chi connectivity index (χ0n) is 26.7. The van der Waals surface area contributed by atoms with Gasteiger partial charge in [-0.2, -0.15) is 0 Å². The molecule has 7 nitrogen and oxygen atoms in total. The first kappa shape index (κ1) is 32.7. The molecule has 0 saturated heterocycles. The summed E-state index contributed by atoms with van der Waals surface area (Å²) in [7, 11) is 0. The molecule has 2 fully saturated rings. The topological polar surface area (TPSA) is 110 Å². The summed E-state index contributed by atoms with van der Waals surface area (Å²) in [5, 5.41) is 23.1. The lowest BCUT2D eigenvalue weighted by Gasteiger charge is -2.52. The molecule has 0 aliphatic heterocycles. The number of hydrogen-bond acceptors (Lipinski definition) is 7. The van der Waals surface area contributed by atoms with Crippen molar-refractivity contribution < 1.29 is 34.1 Å². The van der Waals surface area contributed by atoms with Crippen molar-refractivity contribution in [2.75, 3.05) is 6.61 Å². The summed E-state index contributed by atoms with van der Waals surface area (Å²) in [6.07, 6.45) is 12.8. The minimum atomic E-state index is -1.45. The molecule has 42 heavy (non-hydrogen) atoms. The molecule has 4 aliphatic carbocycles. The first-order valence-electron chi connectivity index (χ1n) is 16.1. The van der Waals surface area contributed by atoms with Gasteiger partial charge < -0.3 is 19.7 Å². The van der Waals surface area contributed by atoms with E-state index in [1.807, 2.05) is 32.9 Å². The fraction of sp³-hybridized carbons (Fsp3) is 0.743. The summed E-state index contributed by atoms with van der Waals surface area (Å²) in [6, 6.07) is 0. The fourth-order valence-electron chi connectivity index (χ4n) is 8.55. The first-order valence-corrected chi connectivity index (χ1v) is 16.1. The van der Waals surface area contributed by atoms with E-state index < -0.39 is 52.4 Å². The summed E-state index contributed by atoms with van der Waals surface area (Å²) in [5.41, 5.74) is -1.46. The van der Waals surface area contributed by atoms with Crippen LogP contribution in [0.5, 0.6) is 0 Å². The SMILES string of the molecule is C/C=C(\C)C(=O)O[C@@H]1[C@@H](C)[C@]2(O)[C@@H]3C=C(C)C(=O)[C@@H]3CC(CO)=C[C@H]2[C@@H]2C(C)(C)[C@]12OC(=O)CCCCCCCCC. The molecule has 0 aromatic carbocycles. The molecule has 0 amide bonds. The van der Waals surface area contributed by atoms with Gasteiger partial charge in [0.2, 0.25) is 0 Å². The number of rotatable bonds is 12. The first-order chi connectivity index (χ1) is 19.8. The van der Waals surface area contributed by atoms with Crippen molar-refractivity contribution in [3.63, 3.8) is 0 Å². The van der Waals surface area contributed by atoms with Crippen LogP contribution in [0.2, 0.25) is 0 Å². The number of Topliss-reactive ketones (excluding diaryl/α,β-unsaturated/α-hetero) is 1. The number of ether oxygens (including phenoxy) is 2. The molecule has 7 heteroatoms. The van der Waals surface area contributed by atoms with Crippen molar-refractivity contribution in [3.05, 3.63) is 34.9 Å². The molecule has 4 aliphatic rings. The van der Waals surface area contributed by atoms with Crippen LogP contribution in [0.4, 0.5) is 0 Å². The molecular weight excluding hydrogens is 532 g/mol. The van der Waals surface area contributed by atoms with Gasteiger partial charge in [-0.1, -0.05) is 84.4 Å². The maximum atomic E-state index is 13.4. The number of fused-ring (bicyclic) bond motifs is 5. The van der Waals surface area contributed by atoms with E-state index in [4.69, 9.17) is 9.47 Å². The highest BCUT2D eigenvalue weighted by atomic mass is 16.6. The molecule has 0 aromatic rings. The number of carbonyl (C=O) groups excluding carboxylic acids is 3. The Balaban J connectivity index is 1.70. The van der Waals surface area contributed by atoms with Gasteiger partial charge in [-0.3, -0.25) is 9.59 Å². The number of aliphatic hydroxyl groups excluding tert-OH is 1. The quantitative estimate of drug-likeness (QED) is 0.125. The van der Waals surface area contributed by atoms with Crippen LogP contribution in [0.25, 0.3) is 0 Å². The van der Waals surface area contributed by atoms with Crippen molar-refractivity contribution in [2.45, 2.75) is 124 Å². The average molecular weight is 585 g/mol. The molecule has 8 atom stereocenters. The molecular formula is C35H52O7.